The van der Waals surface area contributed by atoms with Gasteiger partial charge in [0.15, 0.2) is 0 Å². The predicted octanol–water partition coefficient (Wildman–Crippen LogP) is 2.85. The Kier molecular flexibility index (Phi) is 5.12. The van der Waals surface area contributed by atoms with E-state index >= 15 is 0 Å². The molecule has 0 spiro atoms. The summed E-state index contributed by atoms with van der Waals surface area (Å²) in [5.74, 6) is -0.254. The van der Waals surface area contributed by atoms with Crippen molar-refractivity contribution in [1.82, 2.24) is 0 Å². The Labute approximate surface area is 80.3 Å². The summed E-state index contributed by atoms with van der Waals surface area (Å²) in [6.07, 6.45) is 2.59. The average Bonchev–Trinajstić information content (AvgIpc) is 1.96. The normalized spacial score (nSPS) is 11.7. The van der Waals surface area contributed by atoms with Crippen LogP contribution in [0.15, 0.2) is 23.8 Å². The number of rotatable bonds is 4. The van der Waals surface area contributed by atoms with Crippen LogP contribution in [-0.2, 0) is 9.53 Å². The second-order valence-corrected chi connectivity index (χ2v) is 3.46. The van der Waals surface area contributed by atoms with Crippen molar-refractivity contribution < 1.29 is 9.53 Å². The van der Waals surface area contributed by atoms with E-state index in [9.17, 15) is 4.79 Å². The topological polar surface area (TPSA) is 26.3 Å². The molecule has 0 aromatic rings. The minimum atomic E-state index is -0.254. The molecule has 0 fully saturated rings. The highest BCUT2D eigenvalue weighted by atomic mass is 16.5. The van der Waals surface area contributed by atoms with Crippen LogP contribution < -0.4 is 0 Å². The van der Waals surface area contributed by atoms with Gasteiger partial charge in [-0.05, 0) is 26.3 Å². The number of hydrogen-bond donors (Lipinski definition) is 0. The Hall–Kier alpha value is -1.05. The molecule has 0 saturated heterocycles. The van der Waals surface area contributed by atoms with Gasteiger partial charge in [-0.2, -0.15) is 0 Å². The van der Waals surface area contributed by atoms with E-state index in [-0.39, 0.29) is 12.1 Å². The molecular weight excluding hydrogens is 164 g/mol. The van der Waals surface area contributed by atoms with E-state index in [1.54, 1.807) is 0 Å². The lowest BCUT2D eigenvalue weighted by Gasteiger charge is -2.15. The summed E-state index contributed by atoms with van der Waals surface area (Å²) < 4.78 is 5.08. The molecule has 0 unspecified atom stereocenters. The molecule has 74 valence electrons. The van der Waals surface area contributed by atoms with Crippen LogP contribution in [0.4, 0.5) is 0 Å². The molecule has 0 aromatic carbocycles. The fourth-order valence-corrected chi connectivity index (χ4v) is 0.893. The molecule has 2 nitrogen and oxygen atoms in total. The maximum Gasteiger partial charge on any atom is 0.303 e. The van der Waals surface area contributed by atoms with E-state index in [4.69, 9.17) is 4.74 Å². The largest absolute Gasteiger partial charge is 0.458 e. The van der Waals surface area contributed by atoms with E-state index in [2.05, 4.69) is 6.58 Å². The Bertz CT molecular complexity index is 222. The molecule has 0 N–H and O–H groups in total. The van der Waals surface area contributed by atoms with Crippen LogP contribution in [0.3, 0.4) is 0 Å². The van der Waals surface area contributed by atoms with Crippen molar-refractivity contribution in [2.24, 2.45) is 0 Å². The summed E-state index contributed by atoms with van der Waals surface area (Å²) in [7, 11) is 0. The van der Waals surface area contributed by atoms with Gasteiger partial charge < -0.3 is 4.74 Å². The van der Waals surface area contributed by atoms with E-state index in [1.807, 2.05) is 26.8 Å². The highest BCUT2D eigenvalue weighted by Gasteiger charge is 2.10. The number of carbonyl (C=O) groups is 1. The fraction of sp³-hybridized carbons (Fsp3) is 0.545. The molecule has 0 aliphatic heterocycles. The number of carbonyl (C=O) groups excluding carboxylic acids is 1. The van der Waals surface area contributed by atoms with Crippen molar-refractivity contribution in [2.45, 2.75) is 40.2 Å². The smallest absolute Gasteiger partial charge is 0.303 e. The van der Waals surface area contributed by atoms with Gasteiger partial charge in [-0.3, -0.25) is 4.79 Å². The van der Waals surface area contributed by atoms with Crippen molar-refractivity contribution in [2.75, 3.05) is 0 Å². The predicted molar refractivity (Wildman–Crippen MR) is 54.4 cm³/mol. The first-order chi connectivity index (χ1) is 5.93. The number of allylic oxidation sites excluding steroid dienone is 1. The lowest BCUT2D eigenvalue weighted by Crippen LogP contribution is -2.16. The van der Waals surface area contributed by atoms with Crippen LogP contribution in [0.2, 0.25) is 0 Å². The second kappa shape index (κ2) is 5.57. The molecule has 0 heterocycles. The molecule has 0 radical (unpaired) electrons. The third-order valence-electron chi connectivity index (χ3n) is 1.60. The van der Waals surface area contributed by atoms with Gasteiger partial charge in [-0.1, -0.05) is 18.2 Å². The summed E-state index contributed by atoms with van der Waals surface area (Å²) in [5, 5.41) is 0. The first kappa shape index (κ1) is 11.9. The summed E-state index contributed by atoms with van der Waals surface area (Å²) in [5.41, 5.74) is 2.10. The number of hydrogen-bond acceptors (Lipinski definition) is 2. The summed E-state index contributed by atoms with van der Waals surface area (Å²) >= 11 is 0. The van der Waals surface area contributed by atoms with Crippen molar-refractivity contribution >= 4 is 5.97 Å². The van der Waals surface area contributed by atoms with E-state index < -0.39 is 0 Å². The minimum absolute atomic E-state index is 0.174. The third kappa shape index (κ3) is 6.14. The summed E-state index contributed by atoms with van der Waals surface area (Å²) in [6.45, 7) is 11.1. The highest BCUT2D eigenvalue weighted by Crippen LogP contribution is 2.10. The molecule has 0 aliphatic rings. The maximum atomic E-state index is 10.7. The second-order valence-electron chi connectivity index (χ2n) is 3.46. The van der Waals surface area contributed by atoms with Crippen LogP contribution in [0, 0.1) is 0 Å². The minimum Gasteiger partial charge on any atom is -0.458 e. The van der Waals surface area contributed by atoms with Crippen LogP contribution in [0.25, 0.3) is 0 Å². The van der Waals surface area contributed by atoms with Gasteiger partial charge in [0.2, 0.25) is 0 Å². The zero-order valence-corrected chi connectivity index (χ0v) is 8.89. The van der Waals surface area contributed by atoms with Gasteiger partial charge in [0.1, 0.15) is 6.10 Å². The van der Waals surface area contributed by atoms with E-state index in [1.165, 1.54) is 12.5 Å². The number of ether oxygens (including phenoxy) is 1. The maximum absolute atomic E-state index is 10.7. The molecular formula is C11H18O2. The summed E-state index contributed by atoms with van der Waals surface area (Å²) in [4.78, 5) is 10.7. The van der Waals surface area contributed by atoms with Crippen molar-refractivity contribution in [3.63, 3.8) is 0 Å². The SMILES string of the molecule is C=C(C)[C@@H](CC=C(C)C)OC(C)=O. The van der Waals surface area contributed by atoms with E-state index in [0.29, 0.717) is 0 Å². The Morgan fingerprint density at radius 1 is 1.38 bits per heavy atom. The lowest BCUT2D eigenvalue weighted by molar-refractivity contribution is -0.144. The Balaban J connectivity index is 4.19. The molecule has 0 saturated carbocycles. The Morgan fingerprint density at radius 3 is 2.23 bits per heavy atom. The van der Waals surface area contributed by atoms with Crippen LogP contribution >= 0.6 is 0 Å². The van der Waals surface area contributed by atoms with Crippen LogP contribution in [0.5, 0.6) is 0 Å². The zero-order valence-electron chi connectivity index (χ0n) is 8.89. The van der Waals surface area contributed by atoms with Crippen molar-refractivity contribution in [1.29, 1.82) is 0 Å². The quantitative estimate of drug-likeness (QED) is 0.493. The van der Waals surface area contributed by atoms with Crippen LogP contribution in [0.1, 0.15) is 34.1 Å². The van der Waals surface area contributed by atoms with Gasteiger partial charge >= 0.3 is 5.97 Å². The van der Waals surface area contributed by atoms with Gasteiger partial charge in [0.05, 0.1) is 0 Å². The first-order valence-corrected chi connectivity index (χ1v) is 4.39. The third-order valence-corrected chi connectivity index (χ3v) is 1.60. The standard InChI is InChI=1S/C11H18O2/c1-8(2)6-7-11(9(3)4)13-10(5)12/h6,11H,3,7H2,1-2,4-5H3/t11-/m1/s1. The molecule has 0 amide bonds. The van der Waals surface area contributed by atoms with Gasteiger partial charge in [-0.15, -0.1) is 0 Å². The fourth-order valence-electron chi connectivity index (χ4n) is 0.893. The highest BCUT2D eigenvalue weighted by molar-refractivity contribution is 5.66. The van der Waals surface area contributed by atoms with Gasteiger partial charge in [0.25, 0.3) is 0 Å². The first-order valence-electron chi connectivity index (χ1n) is 4.39. The zero-order chi connectivity index (χ0) is 10.4. The molecule has 0 rings (SSSR count). The molecule has 0 aliphatic carbocycles. The van der Waals surface area contributed by atoms with Crippen molar-refractivity contribution in [3.8, 4) is 0 Å². The van der Waals surface area contributed by atoms with E-state index in [0.717, 1.165) is 12.0 Å². The molecule has 0 aromatic heterocycles. The monoisotopic (exact) mass is 182 g/mol. The van der Waals surface area contributed by atoms with Crippen molar-refractivity contribution in [3.05, 3.63) is 23.8 Å². The molecule has 13 heavy (non-hydrogen) atoms. The lowest BCUT2D eigenvalue weighted by atomic mass is 10.1. The Morgan fingerprint density at radius 2 is 1.92 bits per heavy atom. The molecule has 0 bridgehead atoms. The molecule has 1 atom stereocenters. The number of esters is 1. The van der Waals surface area contributed by atoms with Gasteiger partial charge in [-0.25, -0.2) is 0 Å². The molecule has 2 heteroatoms. The average molecular weight is 182 g/mol. The summed E-state index contributed by atoms with van der Waals surface area (Å²) in [6, 6.07) is 0. The van der Waals surface area contributed by atoms with Gasteiger partial charge in [0, 0.05) is 13.3 Å². The van der Waals surface area contributed by atoms with Crippen LogP contribution in [-0.4, -0.2) is 12.1 Å².